The van der Waals surface area contributed by atoms with Gasteiger partial charge in [-0.05, 0) is 113 Å². The molecule has 1 nitrogen and oxygen atoms in total. The molecule has 1 heteroatoms. The SMILES string of the molecule is CCCC1CCC(C2CCC(C(=O)C3CCC(C4CCC(CCC)CC4)CC3)CC2)CC1. The first-order chi connectivity index (χ1) is 15.7. The lowest BCUT2D eigenvalue weighted by molar-refractivity contribution is -0.129. The molecule has 0 saturated heterocycles. The zero-order chi connectivity index (χ0) is 22.3. The van der Waals surface area contributed by atoms with Crippen molar-refractivity contribution in [1.29, 1.82) is 0 Å². The van der Waals surface area contributed by atoms with Gasteiger partial charge < -0.3 is 0 Å². The molecule has 184 valence electrons. The van der Waals surface area contributed by atoms with Crippen LogP contribution in [0.3, 0.4) is 0 Å². The smallest absolute Gasteiger partial charge is 0.139 e. The number of ketones is 1. The minimum atomic E-state index is 0.425. The molecule has 0 unspecified atom stereocenters. The van der Waals surface area contributed by atoms with Crippen molar-refractivity contribution in [3.05, 3.63) is 0 Å². The Morgan fingerprint density at radius 2 is 0.750 bits per heavy atom. The molecule has 0 spiro atoms. The van der Waals surface area contributed by atoms with Crippen molar-refractivity contribution >= 4 is 5.78 Å². The van der Waals surface area contributed by atoms with Crippen LogP contribution in [0, 0.1) is 47.3 Å². The highest BCUT2D eigenvalue weighted by atomic mass is 16.1. The predicted octanol–water partition coefficient (Wildman–Crippen LogP) is 9.38. The summed E-state index contributed by atoms with van der Waals surface area (Å²) in [6.07, 6.45) is 27.8. The third-order valence-corrected chi connectivity index (χ3v) is 10.9. The summed E-state index contributed by atoms with van der Waals surface area (Å²) in [6.45, 7) is 4.69. The summed E-state index contributed by atoms with van der Waals surface area (Å²) in [5.41, 5.74) is 0. The highest BCUT2D eigenvalue weighted by Crippen LogP contribution is 2.45. The molecule has 0 radical (unpaired) electrons. The first-order valence-corrected chi connectivity index (χ1v) is 15.2. The first-order valence-electron chi connectivity index (χ1n) is 15.2. The van der Waals surface area contributed by atoms with E-state index in [0.717, 1.165) is 35.5 Å². The Kier molecular flexibility index (Phi) is 9.60. The lowest BCUT2D eigenvalue weighted by Crippen LogP contribution is -2.33. The molecule has 0 bridgehead atoms. The second-order valence-electron chi connectivity index (χ2n) is 12.8. The zero-order valence-electron chi connectivity index (χ0n) is 21.7. The van der Waals surface area contributed by atoms with Gasteiger partial charge in [-0.1, -0.05) is 65.2 Å². The summed E-state index contributed by atoms with van der Waals surface area (Å²) in [6, 6.07) is 0. The maximum atomic E-state index is 13.3. The molecule has 0 aromatic rings. The van der Waals surface area contributed by atoms with Crippen molar-refractivity contribution < 1.29 is 4.79 Å². The Labute approximate surface area is 200 Å². The highest BCUT2D eigenvalue weighted by Gasteiger charge is 2.37. The van der Waals surface area contributed by atoms with Crippen molar-refractivity contribution in [2.45, 2.75) is 142 Å². The quantitative estimate of drug-likeness (QED) is 0.366. The average Bonchev–Trinajstić information content (AvgIpc) is 2.85. The van der Waals surface area contributed by atoms with Crippen LogP contribution in [0.1, 0.15) is 142 Å². The molecule has 4 fully saturated rings. The molecule has 0 aliphatic heterocycles. The maximum Gasteiger partial charge on any atom is 0.139 e. The van der Waals surface area contributed by atoms with Crippen molar-refractivity contribution in [3.63, 3.8) is 0 Å². The summed E-state index contributed by atoms with van der Waals surface area (Å²) in [5, 5.41) is 0. The normalized spacial score (nSPS) is 41.3. The van der Waals surface area contributed by atoms with E-state index in [1.54, 1.807) is 0 Å². The predicted molar refractivity (Wildman–Crippen MR) is 137 cm³/mol. The van der Waals surface area contributed by atoms with Crippen molar-refractivity contribution in [1.82, 2.24) is 0 Å². The molecule has 0 aromatic carbocycles. The third-order valence-electron chi connectivity index (χ3n) is 10.9. The van der Waals surface area contributed by atoms with Gasteiger partial charge in [0.05, 0.1) is 0 Å². The van der Waals surface area contributed by atoms with Crippen LogP contribution in [0.25, 0.3) is 0 Å². The number of Topliss-reactive ketones (excluding diaryl/α,β-unsaturated/α-hetero) is 1. The van der Waals surface area contributed by atoms with Crippen LogP contribution in [0.2, 0.25) is 0 Å². The first kappa shape index (κ1) is 24.8. The van der Waals surface area contributed by atoms with Gasteiger partial charge in [-0.25, -0.2) is 0 Å². The summed E-state index contributed by atoms with van der Waals surface area (Å²) in [4.78, 5) is 13.3. The second kappa shape index (κ2) is 12.4. The minimum absolute atomic E-state index is 0.425. The van der Waals surface area contributed by atoms with E-state index in [1.165, 1.54) is 128 Å². The summed E-state index contributed by atoms with van der Waals surface area (Å²) < 4.78 is 0. The molecular formula is C31H54O. The summed E-state index contributed by atoms with van der Waals surface area (Å²) in [5.74, 6) is 7.46. The van der Waals surface area contributed by atoms with Crippen LogP contribution in [0.5, 0.6) is 0 Å². The van der Waals surface area contributed by atoms with E-state index < -0.39 is 0 Å². The zero-order valence-corrected chi connectivity index (χ0v) is 21.7. The maximum absolute atomic E-state index is 13.3. The van der Waals surface area contributed by atoms with E-state index in [4.69, 9.17) is 0 Å². The summed E-state index contributed by atoms with van der Waals surface area (Å²) >= 11 is 0. The van der Waals surface area contributed by atoms with E-state index in [1.807, 2.05) is 0 Å². The Balaban J connectivity index is 1.14. The van der Waals surface area contributed by atoms with Crippen LogP contribution < -0.4 is 0 Å². The van der Waals surface area contributed by atoms with Gasteiger partial charge in [-0.3, -0.25) is 4.79 Å². The second-order valence-corrected chi connectivity index (χ2v) is 12.8. The average molecular weight is 443 g/mol. The topological polar surface area (TPSA) is 17.1 Å². The van der Waals surface area contributed by atoms with E-state index >= 15 is 0 Å². The lowest BCUT2D eigenvalue weighted by atomic mass is 9.65. The fourth-order valence-electron chi connectivity index (χ4n) is 8.80. The lowest BCUT2D eigenvalue weighted by Gasteiger charge is -2.40. The number of carbonyl (C=O) groups is 1. The molecule has 0 aromatic heterocycles. The van der Waals surface area contributed by atoms with Crippen molar-refractivity contribution in [2.24, 2.45) is 47.3 Å². The van der Waals surface area contributed by atoms with Crippen LogP contribution in [-0.4, -0.2) is 5.78 Å². The molecule has 4 saturated carbocycles. The van der Waals surface area contributed by atoms with E-state index in [0.29, 0.717) is 17.6 Å². The van der Waals surface area contributed by atoms with Gasteiger partial charge in [-0.2, -0.15) is 0 Å². The van der Waals surface area contributed by atoms with Crippen molar-refractivity contribution in [2.75, 3.05) is 0 Å². The monoisotopic (exact) mass is 442 g/mol. The van der Waals surface area contributed by atoms with E-state index in [-0.39, 0.29) is 0 Å². The highest BCUT2D eigenvalue weighted by molar-refractivity contribution is 5.83. The molecule has 0 amide bonds. The largest absolute Gasteiger partial charge is 0.299 e. The molecule has 0 heterocycles. The Morgan fingerprint density at radius 1 is 0.469 bits per heavy atom. The molecule has 32 heavy (non-hydrogen) atoms. The fraction of sp³-hybridized carbons (Fsp3) is 0.968. The molecule has 4 aliphatic carbocycles. The van der Waals surface area contributed by atoms with Gasteiger partial charge >= 0.3 is 0 Å². The van der Waals surface area contributed by atoms with Crippen LogP contribution in [0.4, 0.5) is 0 Å². The number of hydrogen-bond donors (Lipinski definition) is 0. The summed E-state index contributed by atoms with van der Waals surface area (Å²) in [7, 11) is 0. The molecule has 0 atom stereocenters. The minimum Gasteiger partial charge on any atom is -0.299 e. The van der Waals surface area contributed by atoms with Gasteiger partial charge in [0.2, 0.25) is 0 Å². The standard InChI is InChI=1S/C31H54O/c1-3-5-23-7-11-25(12-8-23)27-15-19-29(20-16-27)31(32)30-21-17-28(18-22-30)26-13-9-24(6-4-2)10-14-26/h23-30H,3-22H2,1-2H3. The van der Waals surface area contributed by atoms with Gasteiger partial charge in [0.1, 0.15) is 5.78 Å². The Morgan fingerprint density at radius 3 is 1.03 bits per heavy atom. The van der Waals surface area contributed by atoms with Crippen LogP contribution in [-0.2, 0) is 4.79 Å². The van der Waals surface area contributed by atoms with E-state index in [2.05, 4.69) is 13.8 Å². The molecule has 0 N–H and O–H groups in total. The van der Waals surface area contributed by atoms with Crippen molar-refractivity contribution in [3.8, 4) is 0 Å². The number of hydrogen-bond acceptors (Lipinski definition) is 1. The Hall–Kier alpha value is -0.330. The molecule has 4 aliphatic rings. The fourth-order valence-corrected chi connectivity index (χ4v) is 8.80. The molecular weight excluding hydrogens is 388 g/mol. The van der Waals surface area contributed by atoms with Gasteiger partial charge in [0.15, 0.2) is 0 Å². The number of carbonyl (C=O) groups excluding carboxylic acids is 1. The van der Waals surface area contributed by atoms with Gasteiger partial charge in [0.25, 0.3) is 0 Å². The molecule has 4 rings (SSSR count). The van der Waals surface area contributed by atoms with Crippen LogP contribution in [0.15, 0.2) is 0 Å². The number of rotatable bonds is 8. The van der Waals surface area contributed by atoms with Gasteiger partial charge in [0, 0.05) is 11.8 Å². The Bertz CT molecular complexity index is 487. The van der Waals surface area contributed by atoms with E-state index in [9.17, 15) is 4.79 Å². The third kappa shape index (κ3) is 6.41. The van der Waals surface area contributed by atoms with Crippen LogP contribution >= 0.6 is 0 Å². The van der Waals surface area contributed by atoms with Gasteiger partial charge in [-0.15, -0.1) is 0 Å².